The van der Waals surface area contributed by atoms with Crippen molar-refractivity contribution in [2.75, 3.05) is 37.3 Å². The van der Waals surface area contributed by atoms with Crippen LogP contribution in [0.15, 0.2) is 29.2 Å². The van der Waals surface area contributed by atoms with Crippen LogP contribution >= 0.6 is 0 Å². The Morgan fingerprint density at radius 3 is 1.86 bits per heavy atom. The first-order valence-electron chi connectivity index (χ1n) is 10.6. The van der Waals surface area contributed by atoms with Gasteiger partial charge in [0.1, 0.15) is 5.60 Å². The van der Waals surface area contributed by atoms with E-state index >= 15 is 0 Å². The van der Waals surface area contributed by atoms with Crippen LogP contribution in [0, 0.1) is 11.8 Å². The highest BCUT2D eigenvalue weighted by atomic mass is 32.2. The Balaban J connectivity index is 1.47. The third-order valence-corrected chi connectivity index (χ3v) is 7.16. The number of carbonyl (C=O) groups excluding carboxylic acids is 1. The van der Waals surface area contributed by atoms with Gasteiger partial charge in [0.25, 0.3) is 0 Å². The van der Waals surface area contributed by atoms with Crippen molar-refractivity contribution in [2.45, 2.75) is 57.0 Å². The van der Waals surface area contributed by atoms with Gasteiger partial charge in [-0.2, -0.15) is 0 Å². The molecule has 0 aromatic heterocycles. The van der Waals surface area contributed by atoms with Gasteiger partial charge >= 0.3 is 6.09 Å². The van der Waals surface area contributed by atoms with E-state index in [1.54, 1.807) is 12.1 Å². The summed E-state index contributed by atoms with van der Waals surface area (Å²) in [6.07, 6.45) is 5.43. The fourth-order valence-corrected chi connectivity index (χ4v) is 5.04. The largest absolute Gasteiger partial charge is 0.444 e. The normalized spacial score (nSPS) is 20.0. The molecule has 0 radical (unpaired) electrons. The summed E-state index contributed by atoms with van der Waals surface area (Å²) in [5, 5.41) is 0. The molecule has 0 saturated carbocycles. The number of anilines is 1. The molecule has 1 aromatic rings. The molecule has 1 amide bonds. The van der Waals surface area contributed by atoms with E-state index in [1.807, 2.05) is 37.8 Å². The number of hydrogen-bond donors (Lipinski definition) is 0. The number of benzene rings is 1. The molecule has 6 nitrogen and oxygen atoms in total. The van der Waals surface area contributed by atoms with Crippen LogP contribution in [0.4, 0.5) is 10.5 Å². The Labute approximate surface area is 175 Å². The summed E-state index contributed by atoms with van der Waals surface area (Å²) in [7, 11) is -3.15. The second kappa shape index (κ2) is 8.54. The fraction of sp³-hybridized carbons (Fsp3) is 0.682. The summed E-state index contributed by atoms with van der Waals surface area (Å²) in [6, 6.07) is 7.22. The van der Waals surface area contributed by atoms with Crippen molar-refractivity contribution in [3.63, 3.8) is 0 Å². The predicted molar refractivity (Wildman–Crippen MR) is 115 cm³/mol. The zero-order chi connectivity index (χ0) is 21.2. The molecule has 3 rings (SSSR count). The Kier molecular flexibility index (Phi) is 6.46. The summed E-state index contributed by atoms with van der Waals surface area (Å²) in [5.74, 6) is 1.37. The number of likely N-dealkylation sites (tertiary alicyclic amines) is 1. The van der Waals surface area contributed by atoms with Gasteiger partial charge in [-0.05, 0) is 82.6 Å². The quantitative estimate of drug-likeness (QED) is 0.738. The van der Waals surface area contributed by atoms with Crippen molar-refractivity contribution < 1.29 is 17.9 Å². The second-order valence-corrected chi connectivity index (χ2v) is 11.4. The van der Waals surface area contributed by atoms with E-state index in [0.29, 0.717) is 16.7 Å². The molecular weight excluding hydrogens is 388 g/mol. The smallest absolute Gasteiger partial charge is 0.410 e. The molecule has 0 unspecified atom stereocenters. The van der Waals surface area contributed by atoms with Gasteiger partial charge in [-0.3, -0.25) is 0 Å². The molecule has 2 fully saturated rings. The summed E-state index contributed by atoms with van der Waals surface area (Å²) >= 11 is 0. The van der Waals surface area contributed by atoms with Crippen molar-refractivity contribution in [3.8, 4) is 0 Å². The molecule has 2 saturated heterocycles. The average Bonchev–Trinajstić information content (AvgIpc) is 2.66. The SMILES string of the molecule is CC(C)(C)OC(=O)N1CCC(C2CCN(c3ccc(S(C)(=O)=O)cc3)CC2)CC1. The highest BCUT2D eigenvalue weighted by molar-refractivity contribution is 7.90. The van der Waals surface area contributed by atoms with Crippen molar-refractivity contribution >= 4 is 21.6 Å². The molecule has 2 heterocycles. The molecule has 0 atom stereocenters. The number of sulfone groups is 1. The van der Waals surface area contributed by atoms with Gasteiger partial charge in [0.05, 0.1) is 4.90 Å². The first kappa shape index (κ1) is 21.9. The Morgan fingerprint density at radius 2 is 1.41 bits per heavy atom. The van der Waals surface area contributed by atoms with E-state index in [-0.39, 0.29) is 6.09 Å². The van der Waals surface area contributed by atoms with Crippen LogP contribution in [0.1, 0.15) is 46.5 Å². The topological polar surface area (TPSA) is 66.9 Å². The summed E-state index contributed by atoms with van der Waals surface area (Å²) in [4.78, 5) is 16.8. The summed E-state index contributed by atoms with van der Waals surface area (Å²) < 4.78 is 28.7. The van der Waals surface area contributed by atoms with Gasteiger partial charge in [0, 0.05) is 38.1 Å². The first-order valence-corrected chi connectivity index (χ1v) is 12.4. The van der Waals surface area contributed by atoms with Gasteiger partial charge in [-0.15, -0.1) is 0 Å². The third kappa shape index (κ3) is 5.87. The van der Waals surface area contributed by atoms with Crippen molar-refractivity contribution in [1.29, 1.82) is 0 Å². The van der Waals surface area contributed by atoms with Gasteiger partial charge in [0.2, 0.25) is 0 Å². The van der Waals surface area contributed by atoms with Crippen molar-refractivity contribution in [1.82, 2.24) is 4.90 Å². The van der Waals surface area contributed by atoms with Crippen LogP contribution in [0.2, 0.25) is 0 Å². The van der Waals surface area contributed by atoms with E-state index in [0.717, 1.165) is 57.5 Å². The van der Waals surface area contributed by atoms with E-state index in [4.69, 9.17) is 4.74 Å². The molecule has 0 N–H and O–H groups in total. The molecule has 162 valence electrons. The maximum atomic E-state index is 12.2. The molecule has 0 aliphatic carbocycles. The number of rotatable bonds is 3. The molecule has 0 bridgehead atoms. The fourth-order valence-electron chi connectivity index (χ4n) is 4.41. The first-order chi connectivity index (χ1) is 13.5. The molecule has 2 aliphatic heterocycles. The Hall–Kier alpha value is -1.76. The van der Waals surface area contributed by atoms with Crippen LogP contribution in [0.3, 0.4) is 0 Å². The predicted octanol–water partition coefficient (Wildman–Crippen LogP) is 3.95. The van der Waals surface area contributed by atoms with Crippen LogP contribution in [0.5, 0.6) is 0 Å². The van der Waals surface area contributed by atoms with Crippen LogP contribution < -0.4 is 4.90 Å². The summed E-state index contributed by atoms with van der Waals surface area (Å²) in [5.41, 5.74) is 0.649. The number of ether oxygens (including phenoxy) is 1. The molecule has 1 aromatic carbocycles. The van der Waals surface area contributed by atoms with E-state index in [2.05, 4.69) is 4.90 Å². The third-order valence-electron chi connectivity index (χ3n) is 6.03. The zero-order valence-corrected chi connectivity index (χ0v) is 18.9. The minimum Gasteiger partial charge on any atom is -0.444 e. The number of nitrogens with zero attached hydrogens (tertiary/aromatic N) is 2. The Bertz CT molecular complexity index is 798. The van der Waals surface area contributed by atoms with Crippen LogP contribution in [-0.4, -0.2) is 57.4 Å². The van der Waals surface area contributed by atoms with Crippen molar-refractivity contribution in [3.05, 3.63) is 24.3 Å². The lowest BCUT2D eigenvalue weighted by Gasteiger charge is -2.41. The molecule has 29 heavy (non-hydrogen) atoms. The maximum Gasteiger partial charge on any atom is 0.410 e. The molecule has 0 spiro atoms. The lowest BCUT2D eigenvalue weighted by Crippen LogP contribution is -2.44. The standard InChI is InChI=1S/C22H34N2O4S/c1-22(2,3)28-21(25)24-15-11-18(12-16-24)17-9-13-23(14-10-17)19-5-7-20(8-6-19)29(4,26)27/h5-8,17-18H,9-16H2,1-4H3. The highest BCUT2D eigenvalue weighted by Crippen LogP contribution is 2.34. The Morgan fingerprint density at radius 1 is 0.931 bits per heavy atom. The number of amides is 1. The van der Waals surface area contributed by atoms with Gasteiger partial charge in [-0.1, -0.05) is 0 Å². The lowest BCUT2D eigenvalue weighted by atomic mass is 9.79. The number of hydrogen-bond acceptors (Lipinski definition) is 5. The van der Waals surface area contributed by atoms with E-state index < -0.39 is 15.4 Å². The number of piperidine rings is 2. The van der Waals surface area contributed by atoms with Crippen molar-refractivity contribution in [2.24, 2.45) is 11.8 Å². The van der Waals surface area contributed by atoms with E-state index in [1.165, 1.54) is 6.26 Å². The second-order valence-electron chi connectivity index (χ2n) is 9.40. The highest BCUT2D eigenvalue weighted by Gasteiger charge is 2.32. The van der Waals surface area contributed by atoms with Gasteiger partial charge in [-0.25, -0.2) is 13.2 Å². The van der Waals surface area contributed by atoms with Crippen LogP contribution in [0.25, 0.3) is 0 Å². The zero-order valence-electron chi connectivity index (χ0n) is 18.1. The molecular formula is C22H34N2O4S. The van der Waals surface area contributed by atoms with Crippen LogP contribution in [-0.2, 0) is 14.6 Å². The summed E-state index contributed by atoms with van der Waals surface area (Å²) in [6.45, 7) is 9.27. The van der Waals surface area contributed by atoms with Gasteiger partial charge in [0.15, 0.2) is 9.84 Å². The molecule has 7 heteroatoms. The average molecular weight is 423 g/mol. The molecule has 2 aliphatic rings. The maximum absolute atomic E-state index is 12.2. The number of carbonyl (C=O) groups is 1. The minimum absolute atomic E-state index is 0.191. The van der Waals surface area contributed by atoms with Gasteiger partial charge < -0.3 is 14.5 Å². The lowest BCUT2D eigenvalue weighted by molar-refractivity contribution is 0.0152. The minimum atomic E-state index is -3.15. The monoisotopic (exact) mass is 422 g/mol. The van der Waals surface area contributed by atoms with E-state index in [9.17, 15) is 13.2 Å².